The van der Waals surface area contributed by atoms with E-state index in [1.165, 1.54) is 16.4 Å². The fraction of sp³-hybridized carbons (Fsp3) is 0.500. The normalized spacial score (nSPS) is 20.4. The highest BCUT2D eigenvalue weighted by atomic mass is 32.2. The van der Waals surface area contributed by atoms with E-state index in [1.807, 2.05) is 12.1 Å². The van der Waals surface area contributed by atoms with Gasteiger partial charge in [0.2, 0.25) is 15.9 Å². The van der Waals surface area contributed by atoms with Crippen molar-refractivity contribution >= 4 is 21.6 Å². The van der Waals surface area contributed by atoms with Crippen molar-refractivity contribution in [2.75, 3.05) is 37.6 Å². The van der Waals surface area contributed by atoms with Gasteiger partial charge in [-0.2, -0.15) is 4.31 Å². The number of nitrogens with zero attached hydrogens (tertiary/aromatic N) is 3. The molecule has 1 atom stereocenters. The summed E-state index contributed by atoms with van der Waals surface area (Å²) in [7, 11) is -3.78. The Kier molecular flexibility index (Phi) is 7.01. The molecule has 6 nitrogen and oxygen atoms in total. The third kappa shape index (κ3) is 5.13. The third-order valence-electron chi connectivity index (χ3n) is 6.85. The Morgan fingerprint density at radius 2 is 1.50 bits per heavy atom. The molecule has 2 saturated heterocycles. The van der Waals surface area contributed by atoms with Crippen LogP contribution in [0.3, 0.4) is 0 Å². The molecule has 2 heterocycles. The molecule has 0 unspecified atom stereocenters. The lowest BCUT2D eigenvalue weighted by Gasteiger charge is -2.40. The van der Waals surface area contributed by atoms with E-state index in [9.17, 15) is 17.6 Å². The topological polar surface area (TPSA) is 60.9 Å². The molecule has 184 valence electrons. The summed E-state index contributed by atoms with van der Waals surface area (Å²) in [4.78, 5) is 17.6. The molecule has 34 heavy (non-hydrogen) atoms. The zero-order valence-corrected chi connectivity index (χ0v) is 21.0. The second-order valence-electron chi connectivity index (χ2n) is 10.2. The van der Waals surface area contributed by atoms with Crippen molar-refractivity contribution in [3.05, 3.63) is 59.9 Å². The molecule has 2 aliphatic rings. The van der Waals surface area contributed by atoms with Gasteiger partial charge in [-0.3, -0.25) is 4.79 Å². The smallest absolute Gasteiger partial charge is 0.243 e. The zero-order valence-electron chi connectivity index (χ0n) is 20.2. The molecular weight excluding hydrogens is 453 g/mol. The molecule has 0 radical (unpaired) electrons. The van der Waals surface area contributed by atoms with Crippen LogP contribution in [-0.2, 0) is 20.2 Å². The maximum Gasteiger partial charge on any atom is 0.243 e. The summed E-state index contributed by atoms with van der Waals surface area (Å²) in [5.74, 6) is -0.391. The van der Waals surface area contributed by atoms with Gasteiger partial charge in [-0.15, -0.1) is 0 Å². The second kappa shape index (κ2) is 9.66. The average molecular weight is 488 g/mol. The van der Waals surface area contributed by atoms with Crippen LogP contribution in [0.1, 0.15) is 45.6 Å². The van der Waals surface area contributed by atoms with Gasteiger partial charge in [0, 0.05) is 38.4 Å². The minimum atomic E-state index is -3.78. The molecular formula is C26H34FN3O3S. The van der Waals surface area contributed by atoms with E-state index in [4.69, 9.17) is 0 Å². The van der Waals surface area contributed by atoms with Crippen molar-refractivity contribution in [2.45, 2.75) is 56.4 Å². The maximum absolute atomic E-state index is 13.5. The predicted molar refractivity (Wildman–Crippen MR) is 132 cm³/mol. The molecule has 2 aromatic carbocycles. The Hall–Kier alpha value is -2.45. The summed E-state index contributed by atoms with van der Waals surface area (Å²) < 4.78 is 41.7. The van der Waals surface area contributed by atoms with Gasteiger partial charge in [0.15, 0.2) is 0 Å². The molecule has 1 amide bonds. The van der Waals surface area contributed by atoms with Crippen LogP contribution >= 0.6 is 0 Å². The lowest BCUT2D eigenvalue weighted by molar-refractivity contribution is -0.136. The molecule has 8 heteroatoms. The minimum Gasteiger partial charge on any atom is -0.368 e. The van der Waals surface area contributed by atoms with Gasteiger partial charge in [-0.1, -0.05) is 39.3 Å². The van der Waals surface area contributed by atoms with Gasteiger partial charge < -0.3 is 9.80 Å². The van der Waals surface area contributed by atoms with Crippen molar-refractivity contribution in [2.24, 2.45) is 0 Å². The molecule has 0 bridgehead atoms. The highest BCUT2D eigenvalue weighted by Crippen LogP contribution is 2.29. The number of piperazine rings is 1. The highest BCUT2D eigenvalue weighted by Gasteiger charge is 2.40. The number of carbonyl (C=O) groups excluding carboxylic acids is 1. The Bertz CT molecular complexity index is 1100. The number of piperidine rings is 1. The van der Waals surface area contributed by atoms with Gasteiger partial charge in [0.25, 0.3) is 0 Å². The monoisotopic (exact) mass is 487 g/mol. The van der Waals surface area contributed by atoms with Crippen LogP contribution in [0, 0.1) is 5.82 Å². The van der Waals surface area contributed by atoms with Crippen LogP contribution in [0.25, 0.3) is 0 Å². The van der Waals surface area contributed by atoms with Crippen LogP contribution in [0.5, 0.6) is 0 Å². The van der Waals surface area contributed by atoms with Crippen molar-refractivity contribution < 1.29 is 17.6 Å². The number of hydrogen-bond acceptors (Lipinski definition) is 4. The van der Waals surface area contributed by atoms with Crippen molar-refractivity contribution in [1.29, 1.82) is 0 Å². The fourth-order valence-corrected chi connectivity index (χ4v) is 6.40. The number of benzene rings is 2. The summed E-state index contributed by atoms with van der Waals surface area (Å²) in [6, 6.07) is 12.7. The third-order valence-corrected chi connectivity index (χ3v) is 8.77. The number of amides is 1. The molecule has 0 saturated carbocycles. The highest BCUT2D eigenvalue weighted by molar-refractivity contribution is 7.89. The van der Waals surface area contributed by atoms with Gasteiger partial charge >= 0.3 is 0 Å². The summed E-state index contributed by atoms with van der Waals surface area (Å²) in [5.41, 5.74) is 1.92. The second-order valence-corrected chi connectivity index (χ2v) is 12.1. The standard InChI is InChI=1S/C26H34FN3O3S/c1-26(2,3)20-7-13-23(14-8-20)34(32,33)30-15-5-4-6-24(30)25(31)29-18-16-28(17-19-29)22-11-9-21(27)10-12-22/h7-14,24H,4-6,15-19H2,1-3H3/t24-/m1/s1. The van der Waals surface area contributed by atoms with Crippen molar-refractivity contribution in [3.63, 3.8) is 0 Å². The first-order valence-electron chi connectivity index (χ1n) is 12.0. The first-order valence-corrected chi connectivity index (χ1v) is 13.4. The van der Waals surface area contributed by atoms with Crippen LogP contribution in [0.4, 0.5) is 10.1 Å². The van der Waals surface area contributed by atoms with E-state index in [2.05, 4.69) is 25.7 Å². The van der Waals surface area contributed by atoms with Gasteiger partial charge in [0.05, 0.1) is 4.90 Å². The summed E-state index contributed by atoms with van der Waals surface area (Å²) in [5, 5.41) is 0. The van der Waals surface area contributed by atoms with E-state index >= 15 is 0 Å². The lowest BCUT2D eigenvalue weighted by Crippen LogP contribution is -2.57. The first-order chi connectivity index (χ1) is 16.1. The quantitative estimate of drug-likeness (QED) is 0.654. The Morgan fingerprint density at radius 1 is 0.882 bits per heavy atom. The van der Waals surface area contributed by atoms with Crippen LogP contribution < -0.4 is 4.90 Å². The van der Waals surface area contributed by atoms with Gasteiger partial charge in [-0.25, -0.2) is 12.8 Å². The van der Waals surface area contributed by atoms with Gasteiger partial charge in [-0.05, 0) is 60.2 Å². The van der Waals surface area contributed by atoms with Crippen molar-refractivity contribution in [1.82, 2.24) is 9.21 Å². The minimum absolute atomic E-state index is 0.0675. The molecule has 0 aromatic heterocycles. The van der Waals surface area contributed by atoms with Gasteiger partial charge in [0.1, 0.15) is 11.9 Å². The molecule has 0 aliphatic carbocycles. The summed E-state index contributed by atoms with van der Waals surface area (Å²) >= 11 is 0. The Balaban J connectivity index is 1.47. The van der Waals surface area contributed by atoms with E-state index in [0.717, 1.165) is 24.1 Å². The van der Waals surface area contributed by atoms with E-state index < -0.39 is 16.1 Å². The number of anilines is 1. The van der Waals surface area contributed by atoms with E-state index in [1.54, 1.807) is 29.2 Å². The van der Waals surface area contributed by atoms with Crippen LogP contribution in [0.2, 0.25) is 0 Å². The van der Waals surface area contributed by atoms with E-state index in [0.29, 0.717) is 39.1 Å². The molecule has 2 aromatic rings. The largest absolute Gasteiger partial charge is 0.368 e. The lowest BCUT2D eigenvalue weighted by atomic mass is 9.87. The first kappa shape index (κ1) is 24.7. The number of rotatable bonds is 4. The van der Waals surface area contributed by atoms with E-state index in [-0.39, 0.29) is 22.0 Å². The van der Waals surface area contributed by atoms with Crippen molar-refractivity contribution in [3.8, 4) is 0 Å². The number of hydrogen-bond donors (Lipinski definition) is 0. The zero-order chi connectivity index (χ0) is 24.5. The number of halogens is 1. The molecule has 2 fully saturated rings. The predicted octanol–water partition coefficient (Wildman–Crippen LogP) is 4.02. The van der Waals surface area contributed by atoms with Crippen LogP contribution in [0.15, 0.2) is 53.4 Å². The summed E-state index contributed by atoms with van der Waals surface area (Å²) in [6.07, 6.45) is 2.12. The SMILES string of the molecule is CC(C)(C)c1ccc(S(=O)(=O)N2CCCC[C@@H]2C(=O)N2CCN(c3ccc(F)cc3)CC2)cc1. The average Bonchev–Trinajstić information content (AvgIpc) is 2.84. The Labute approximate surface area is 202 Å². The van der Waals surface area contributed by atoms with Crippen LogP contribution in [-0.4, -0.2) is 62.3 Å². The Morgan fingerprint density at radius 3 is 2.09 bits per heavy atom. The maximum atomic E-state index is 13.5. The molecule has 2 aliphatic heterocycles. The molecule has 0 spiro atoms. The summed E-state index contributed by atoms with van der Waals surface area (Å²) in [6.45, 7) is 8.91. The number of sulfonamides is 1. The molecule has 4 rings (SSSR count). The molecule has 0 N–H and O–H groups in total. The number of carbonyl (C=O) groups is 1. The fourth-order valence-electron chi connectivity index (χ4n) is 4.75.